The van der Waals surface area contributed by atoms with Gasteiger partial charge in [-0.05, 0) is 0 Å². The van der Waals surface area contributed by atoms with Crippen molar-refractivity contribution >= 4 is 38.6 Å². The van der Waals surface area contributed by atoms with Crippen LogP contribution in [0.2, 0.25) is 0 Å². The fourth-order valence-corrected chi connectivity index (χ4v) is 8.55. The molecule has 0 bridgehead atoms. The molecular formula is C12H12As2O3. The summed E-state index contributed by atoms with van der Waals surface area (Å²) in [6, 6.07) is 17.9. The van der Waals surface area contributed by atoms with Crippen molar-refractivity contribution in [1.29, 1.82) is 0 Å². The molecule has 0 radical (unpaired) electrons. The van der Waals surface area contributed by atoms with E-state index in [0.717, 1.165) is 0 Å². The van der Waals surface area contributed by atoms with Crippen LogP contribution in [0.1, 0.15) is 0 Å². The summed E-state index contributed by atoms with van der Waals surface area (Å²) < 4.78 is 30.4. The summed E-state index contributed by atoms with van der Waals surface area (Å²) in [6.45, 7) is 0. The molecule has 0 heterocycles. The first-order valence-electron chi connectivity index (χ1n) is 5.14. The zero-order valence-electron chi connectivity index (χ0n) is 9.00. The van der Waals surface area contributed by atoms with E-state index in [-0.39, 0.29) is 0 Å². The molecule has 0 spiro atoms. The van der Waals surface area contributed by atoms with Gasteiger partial charge in [-0.3, -0.25) is 0 Å². The van der Waals surface area contributed by atoms with Crippen LogP contribution in [0.3, 0.4) is 0 Å². The second kappa shape index (κ2) is 6.16. The molecule has 0 aliphatic carbocycles. The van der Waals surface area contributed by atoms with Crippen LogP contribution in [0.15, 0.2) is 60.7 Å². The van der Waals surface area contributed by atoms with Crippen molar-refractivity contribution in [2.24, 2.45) is 0 Å². The summed E-state index contributed by atoms with van der Waals surface area (Å²) in [5.41, 5.74) is 0. The molecule has 0 saturated carbocycles. The molecule has 0 unspecified atom stereocenters. The molecule has 0 aliphatic rings. The van der Waals surface area contributed by atoms with Crippen LogP contribution in [0.4, 0.5) is 0 Å². The van der Waals surface area contributed by atoms with Crippen LogP contribution in [-0.4, -0.2) is 29.9 Å². The van der Waals surface area contributed by atoms with Gasteiger partial charge in [0, 0.05) is 0 Å². The van der Waals surface area contributed by atoms with Gasteiger partial charge in [0.2, 0.25) is 0 Å². The third-order valence-electron chi connectivity index (χ3n) is 2.20. The van der Waals surface area contributed by atoms with Crippen LogP contribution in [0.25, 0.3) is 0 Å². The minimum absolute atomic E-state index is 0.671. The van der Waals surface area contributed by atoms with Crippen molar-refractivity contribution < 1.29 is 10.2 Å². The van der Waals surface area contributed by atoms with Crippen molar-refractivity contribution in [3.63, 3.8) is 0 Å². The van der Waals surface area contributed by atoms with Gasteiger partial charge in [0.1, 0.15) is 0 Å². The molecule has 0 aliphatic heterocycles. The molecule has 2 rings (SSSR count). The Kier molecular flexibility index (Phi) is 4.55. The Morgan fingerprint density at radius 2 is 1.00 bits per heavy atom. The summed E-state index contributed by atoms with van der Waals surface area (Å²) in [7, 11) is 0. The monoisotopic (exact) mass is 354 g/mol. The van der Waals surface area contributed by atoms with Gasteiger partial charge < -0.3 is 0 Å². The Balaban J connectivity index is 2.08. The summed E-state index contributed by atoms with van der Waals surface area (Å²) in [5.74, 6) is 0. The molecule has 0 N–H and O–H groups in total. The predicted octanol–water partition coefficient (Wildman–Crippen LogP) is 0.119. The van der Waals surface area contributed by atoms with E-state index in [2.05, 4.69) is 0 Å². The maximum absolute atomic E-state index is 11.9. The third-order valence-corrected chi connectivity index (χ3v) is 10.4. The number of rotatable bonds is 4. The Morgan fingerprint density at radius 3 is 1.35 bits per heavy atom. The van der Waals surface area contributed by atoms with Crippen molar-refractivity contribution in [2.75, 3.05) is 0 Å². The maximum atomic E-state index is 11.9. The molecule has 0 amide bonds. The average Bonchev–Trinajstić information content (AvgIpc) is 2.40. The van der Waals surface area contributed by atoms with E-state index < -0.39 is 29.9 Å². The van der Waals surface area contributed by atoms with Gasteiger partial charge in [0.05, 0.1) is 0 Å². The van der Waals surface area contributed by atoms with E-state index in [1.165, 1.54) is 0 Å². The van der Waals surface area contributed by atoms with Gasteiger partial charge >= 0.3 is 109 Å². The van der Waals surface area contributed by atoms with Crippen LogP contribution in [0.5, 0.6) is 0 Å². The summed E-state index contributed by atoms with van der Waals surface area (Å²) >= 11 is -6.12. The van der Waals surface area contributed by atoms with Gasteiger partial charge in [0.15, 0.2) is 0 Å². The topological polar surface area (TPSA) is 43.4 Å². The van der Waals surface area contributed by atoms with Crippen molar-refractivity contribution in [2.45, 2.75) is 0 Å². The first-order chi connectivity index (χ1) is 8.27. The average molecular weight is 354 g/mol. The van der Waals surface area contributed by atoms with Crippen molar-refractivity contribution in [1.82, 2.24) is 0 Å². The molecule has 0 aromatic heterocycles. The van der Waals surface area contributed by atoms with Crippen molar-refractivity contribution in [3.8, 4) is 0 Å². The normalized spacial score (nSPS) is 14.1. The quantitative estimate of drug-likeness (QED) is 0.733. The first-order valence-corrected chi connectivity index (χ1v) is 10.7. The molecule has 17 heavy (non-hydrogen) atoms. The van der Waals surface area contributed by atoms with Crippen molar-refractivity contribution in [3.05, 3.63) is 60.7 Å². The summed E-state index contributed by atoms with van der Waals surface area (Å²) in [4.78, 5) is 0. The first kappa shape index (κ1) is 12.6. The fraction of sp³-hybridized carbons (Fsp3) is 0. The van der Waals surface area contributed by atoms with Gasteiger partial charge in [-0.1, -0.05) is 0 Å². The molecule has 0 saturated heterocycles. The zero-order chi connectivity index (χ0) is 12.1. The van der Waals surface area contributed by atoms with E-state index >= 15 is 0 Å². The van der Waals surface area contributed by atoms with E-state index in [1.807, 2.05) is 12.1 Å². The van der Waals surface area contributed by atoms with Gasteiger partial charge in [-0.25, -0.2) is 0 Å². The van der Waals surface area contributed by atoms with E-state index in [9.17, 15) is 7.48 Å². The van der Waals surface area contributed by atoms with Crippen LogP contribution < -0.4 is 8.70 Å². The Bertz CT molecular complexity index is 476. The van der Waals surface area contributed by atoms with E-state index in [1.54, 1.807) is 48.5 Å². The van der Waals surface area contributed by atoms with Crippen LogP contribution in [-0.2, 0) is 10.2 Å². The summed E-state index contributed by atoms with van der Waals surface area (Å²) in [5, 5.41) is 0. The van der Waals surface area contributed by atoms with Crippen LogP contribution in [0, 0.1) is 0 Å². The Labute approximate surface area is 109 Å². The molecule has 3 nitrogen and oxygen atoms in total. The Hall–Kier alpha value is -0.883. The standard InChI is InChI=1S/C12H12As2O3/c15-13(11-7-3-1-4-8-11)17-14(16)12-9-5-2-6-10-12/h1-10,13-14H. The van der Waals surface area contributed by atoms with Crippen LogP contribution >= 0.6 is 0 Å². The van der Waals surface area contributed by atoms with E-state index in [4.69, 9.17) is 2.72 Å². The molecule has 0 fully saturated rings. The van der Waals surface area contributed by atoms with Gasteiger partial charge in [-0.15, -0.1) is 0 Å². The number of hydrogen-bond donors (Lipinski definition) is 0. The minimum atomic E-state index is -3.06. The SMILES string of the molecule is O=[AsH](O[AsH](=O)c1ccccc1)c1ccccc1. The van der Waals surface area contributed by atoms with Gasteiger partial charge in [-0.2, -0.15) is 0 Å². The molecule has 5 heteroatoms. The zero-order valence-corrected chi connectivity index (χ0v) is 13.2. The second-order valence-corrected chi connectivity index (χ2v) is 10.9. The number of benzene rings is 2. The molecule has 2 aromatic rings. The molecular weight excluding hydrogens is 342 g/mol. The van der Waals surface area contributed by atoms with Gasteiger partial charge in [0.25, 0.3) is 0 Å². The molecule has 0 atom stereocenters. The molecule has 88 valence electrons. The van der Waals surface area contributed by atoms with E-state index in [0.29, 0.717) is 8.70 Å². The summed E-state index contributed by atoms with van der Waals surface area (Å²) in [6.07, 6.45) is 0. The Morgan fingerprint density at radius 1 is 0.647 bits per heavy atom. The second-order valence-electron chi connectivity index (χ2n) is 3.41. The molecule has 2 aromatic carbocycles. The fourth-order valence-electron chi connectivity index (χ4n) is 1.35. The predicted molar refractivity (Wildman–Crippen MR) is 68.9 cm³/mol. The number of hydrogen-bond acceptors (Lipinski definition) is 3. The third kappa shape index (κ3) is 3.54.